The molecule has 0 amide bonds. The molecule has 0 radical (unpaired) electrons. The van der Waals surface area contributed by atoms with Gasteiger partial charge in [0.05, 0.1) is 11.4 Å². The van der Waals surface area contributed by atoms with Crippen LogP contribution >= 0.6 is 0 Å². The number of hydrogen-bond donors (Lipinski definition) is 0. The standard InChI is InChI=1S/C17H14FN3O/c1-10-4-12(5-14(9-22)16(10)19-3)13-6-15(18)17-20-11(2)7-21(17)8-13/h4-9H,3H2,1-2H3. The van der Waals surface area contributed by atoms with Gasteiger partial charge in [-0.05, 0) is 49.9 Å². The van der Waals surface area contributed by atoms with Crippen LogP contribution in [0.25, 0.3) is 16.8 Å². The third-order valence-corrected chi connectivity index (χ3v) is 3.58. The van der Waals surface area contributed by atoms with Crippen LogP contribution in [0.5, 0.6) is 0 Å². The highest BCUT2D eigenvalue weighted by atomic mass is 19.1. The van der Waals surface area contributed by atoms with Crippen molar-refractivity contribution in [2.75, 3.05) is 0 Å². The SMILES string of the molecule is C=Nc1c(C)cc(-c2cc(F)c3nc(C)cn3c2)cc1C=O. The summed E-state index contributed by atoms with van der Waals surface area (Å²) < 4.78 is 15.8. The first-order valence-corrected chi connectivity index (χ1v) is 6.75. The first kappa shape index (κ1) is 14.1. The van der Waals surface area contributed by atoms with Crippen molar-refractivity contribution in [1.29, 1.82) is 0 Å². The number of halogens is 1. The Morgan fingerprint density at radius 3 is 2.68 bits per heavy atom. The van der Waals surface area contributed by atoms with Gasteiger partial charge in [-0.3, -0.25) is 9.79 Å². The van der Waals surface area contributed by atoms with Gasteiger partial charge in [0.2, 0.25) is 0 Å². The van der Waals surface area contributed by atoms with Crippen LogP contribution in [0.4, 0.5) is 10.1 Å². The molecule has 5 heteroatoms. The zero-order valence-electron chi connectivity index (χ0n) is 12.3. The van der Waals surface area contributed by atoms with Crippen molar-refractivity contribution in [3.8, 4) is 11.1 Å². The quantitative estimate of drug-likeness (QED) is 0.543. The van der Waals surface area contributed by atoms with Crippen LogP contribution in [0, 0.1) is 19.7 Å². The Kier molecular flexibility index (Phi) is 3.33. The van der Waals surface area contributed by atoms with E-state index in [-0.39, 0.29) is 5.65 Å². The number of carbonyl (C=O) groups is 1. The van der Waals surface area contributed by atoms with E-state index >= 15 is 0 Å². The lowest BCUT2D eigenvalue weighted by molar-refractivity contribution is 0.112. The molecule has 0 fully saturated rings. The molecule has 0 bridgehead atoms. The summed E-state index contributed by atoms with van der Waals surface area (Å²) in [5, 5.41) is 0. The zero-order valence-corrected chi connectivity index (χ0v) is 12.3. The van der Waals surface area contributed by atoms with E-state index in [9.17, 15) is 9.18 Å². The number of rotatable bonds is 3. The van der Waals surface area contributed by atoms with Gasteiger partial charge in [0.25, 0.3) is 0 Å². The fourth-order valence-electron chi connectivity index (χ4n) is 2.62. The van der Waals surface area contributed by atoms with Crippen molar-refractivity contribution in [2.24, 2.45) is 4.99 Å². The number of aliphatic imine (C=N–C) groups is 1. The molecule has 0 unspecified atom stereocenters. The van der Waals surface area contributed by atoms with Crippen molar-refractivity contribution < 1.29 is 9.18 Å². The number of carbonyl (C=O) groups excluding carboxylic acids is 1. The van der Waals surface area contributed by atoms with Gasteiger partial charge >= 0.3 is 0 Å². The second-order valence-electron chi connectivity index (χ2n) is 5.20. The Morgan fingerprint density at radius 1 is 1.23 bits per heavy atom. The molecule has 110 valence electrons. The molecule has 0 spiro atoms. The molecule has 0 aliphatic rings. The molecule has 3 rings (SSSR count). The summed E-state index contributed by atoms with van der Waals surface area (Å²) in [5.41, 5.74) is 4.26. The fraction of sp³-hybridized carbons (Fsp3) is 0.118. The smallest absolute Gasteiger partial charge is 0.173 e. The molecule has 4 nitrogen and oxygen atoms in total. The number of fused-ring (bicyclic) bond motifs is 1. The van der Waals surface area contributed by atoms with Crippen molar-refractivity contribution in [3.05, 3.63) is 53.2 Å². The largest absolute Gasteiger partial charge is 0.304 e. The van der Waals surface area contributed by atoms with Crippen LogP contribution in [-0.2, 0) is 0 Å². The molecule has 22 heavy (non-hydrogen) atoms. The van der Waals surface area contributed by atoms with Crippen molar-refractivity contribution in [2.45, 2.75) is 13.8 Å². The van der Waals surface area contributed by atoms with Gasteiger partial charge in [-0.1, -0.05) is 0 Å². The number of hydrogen-bond acceptors (Lipinski definition) is 3. The minimum atomic E-state index is -0.401. The van der Waals surface area contributed by atoms with Crippen molar-refractivity contribution in [1.82, 2.24) is 9.38 Å². The van der Waals surface area contributed by atoms with E-state index in [0.717, 1.165) is 23.1 Å². The summed E-state index contributed by atoms with van der Waals surface area (Å²) in [6.45, 7) is 7.13. The highest BCUT2D eigenvalue weighted by Crippen LogP contribution is 2.30. The Hall–Kier alpha value is -2.82. The van der Waals surface area contributed by atoms with Crippen molar-refractivity contribution in [3.63, 3.8) is 0 Å². The number of pyridine rings is 1. The Balaban J connectivity index is 2.25. The van der Waals surface area contributed by atoms with Crippen LogP contribution in [0.2, 0.25) is 0 Å². The van der Waals surface area contributed by atoms with Gasteiger partial charge in [-0.2, -0.15) is 0 Å². The maximum Gasteiger partial charge on any atom is 0.173 e. The summed E-state index contributed by atoms with van der Waals surface area (Å²) in [7, 11) is 0. The average Bonchev–Trinajstić information content (AvgIpc) is 2.87. The molecule has 0 N–H and O–H groups in total. The third kappa shape index (κ3) is 2.20. The number of aromatic nitrogens is 2. The van der Waals surface area contributed by atoms with E-state index in [1.165, 1.54) is 6.07 Å². The highest BCUT2D eigenvalue weighted by molar-refractivity contribution is 5.88. The van der Waals surface area contributed by atoms with Crippen molar-refractivity contribution >= 4 is 24.3 Å². The topological polar surface area (TPSA) is 46.7 Å². The van der Waals surface area contributed by atoms with E-state index in [1.807, 2.05) is 19.9 Å². The fourth-order valence-corrected chi connectivity index (χ4v) is 2.62. The summed E-state index contributed by atoms with van der Waals surface area (Å²) in [6.07, 6.45) is 4.29. The van der Waals surface area contributed by atoms with Gasteiger partial charge in [0.1, 0.15) is 0 Å². The predicted molar refractivity (Wildman–Crippen MR) is 84.7 cm³/mol. The predicted octanol–water partition coefficient (Wildman–Crippen LogP) is 3.90. The summed E-state index contributed by atoms with van der Waals surface area (Å²) in [5.74, 6) is -0.401. The van der Waals surface area contributed by atoms with Gasteiger partial charge in [-0.25, -0.2) is 9.37 Å². The number of benzene rings is 1. The number of imidazole rings is 1. The zero-order chi connectivity index (χ0) is 15.9. The second kappa shape index (κ2) is 5.18. The lowest BCUT2D eigenvalue weighted by Gasteiger charge is -2.09. The number of nitrogens with zero attached hydrogens (tertiary/aromatic N) is 3. The Morgan fingerprint density at radius 2 is 2.00 bits per heavy atom. The lowest BCUT2D eigenvalue weighted by Crippen LogP contribution is -1.93. The number of aldehydes is 1. The van der Waals surface area contributed by atoms with Gasteiger partial charge in [0, 0.05) is 23.5 Å². The average molecular weight is 295 g/mol. The summed E-state index contributed by atoms with van der Waals surface area (Å²) in [4.78, 5) is 19.2. The molecular formula is C17H14FN3O. The third-order valence-electron chi connectivity index (χ3n) is 3.58. The minimum absolute atomic E-state index is 0.290. The second-order valence-corrected chi connectivity index (χ2v) is 5.20. The van der Waals surface area contributed by atoms with Crippen LogP contribution in [0.3, 0.4) is 0 Å². The first-order chi connectivity index (χ1) is 10.5. The molecule has 0 atom stereocenters. The Labute approximate surface area is 127 Å². The van der Waals surface area contributed by atoms with Crippen LogP contribution in [-0.4, -0.2) is 22.4 Å². The van der Waals surface area contributed by atoms with E-state index in [2.05, 4.69) is 16.7 Å². The Bertz CT molecular complexity index is 912. The molecule has 2 aromatic heterocycles. The molecule has 0 aliphatic heterocycles. The van der Waals surface area contributed by atoms with E-state index in [1.54, 1.807) is 22.9 Å². The first-order valence-electron chi connectivity index (χ1n) is 6.75. The lowest BCUT2D eigenvalue weighted by atomic mass is 10.00. The van der Waals surface area contributed by atoms with E-state index in [0.29, 0.717) is 16.8 Å². The molecule has 0 aliphatic carbocycles. The maximum atomic E-state index is 14.2. The monoisotopic (exact) mass is 295 g/mol. The molecule has 2 heterocycles. The van der Waals surface area contributed by atoms with Gasteiger partial charge < -0.3 is 4.40 Å². The van der Waals surface area contributed by atoms with E-state index < -0.39 is 5.82 Å². The maximum absolute atomic E-state index is 14.2. The van der Waals surface area contributed by atoms with Crippen LogP contribution < -0.4 is 0 Å². The summed E-state index contributed by atoms with van der Waals surface area (Å²) in [6, 6.07) is 4.97. The highest BCUT2D eigenvalue weighted by Gasteiger charge is 2.11. The number of aryl methyl sites for hydroxylation is 2. The van der Waals surface area contributed by atoms with Crippen LogP contribution in [0.1, 0.15) is 21.6 Å². The van der Waals surface area contributed by atoms with Gasteiger partial charge in [0.15, 0.2) is 17.8 Å². The summed E-state index contributed by atoms with van der Waals surface area (Å²) >= 11 is 0. The van der Waals surface area contributed by atoms with Gasteiger partial charge in [-0.15, -0.1) is 0 Å². The molecule has 3 aromatic rings. The molecule has 1 aromatic carbocycles. The normalized spacial score (nSPS) is 10.9. The molecular weight excluding hydrogens is 281 g/mol. The van der Waals surface area contributed by atoms with E-state index in [4.69, 9.17) is 0 Å². The van der Waals surface area contributed by atoms with Crippen LogP contribution in [0.15, 0.2) is 35.6 Å². The molecule has 0 saturated carbocycles. The minimum Gasteiger partial charge on any atom is -0.304 e. The molecule has 0 saturated heterocycles.